The average molecular weight is 533 g/mol. The number of carbonyl (C=O) groups is 1. The van der Waals surface area contributed by atoms with Crippen LogP contribution >= 0.6 is 23.2 Å². The van der Waals surface area contributed by atoms with Crippen LogP contribution < -0.4 is 4.90 Å². The number of hydrogen-bond acceptors (Lipinski definition) is 4. The molecule has 1 N–H and O–H groups in total. The summed E-state index contributed by atoms with van der Waals surface area (Å²) in [6.07, 6.45) is -0.326. The molecule has 0 radical (unpaired) electrons. The Bertz CT molecular complexity index is 1230. The van der Waals surface area contributed by atoms with Gasteiger partial charge in [-0.2, -0.15) is 0 Å². The minimum absolute atomic E-state index is 0.299. The number of cyclic esters (lactones) is 1. The van der Waals surface area contributed by atoms with Gasteiger partial charge in [0, 0.05) is 41.4 Å². The first kappa shape index (κ1) is 25.0. The van der Waals surface area contributed by atoms with Gasteiger partial charge < -0.3 is 9.84 Å². The van der Waals surface area contributed by atoms with E-state index in [0.717, 1.165) is 11.6 Å². The number of piperidine rings is 1. The number of ether oxygens (including phenoxy) is 1. The molecule has 188 valence electrons. The molecule has 3 aromatic rings. The molecular formula is C27H24Cl2F2N2O3. The molecule has 0 spiro atoms. The lowest BCUT2D eigenvalue weighted by Gasteiger charge is -2.39. The Labute approximate surface area is 217 Å². The molecule has 5 rings (SSSR count). The van der Waals surface area contributed by atoms with Gasteiger partial charge in [0.25, 0.3) is 0 Å². The van der Waals surface area contributed by atoms with Gasteiger partial charge in [-0.1, -0.05) is 35.3 Å². The summed E-state index contributed by atoms with van der Waals surface area (Å²) >= 11 is 12.0. The Morgan fingerprint density at radius 2 is 1.47 bits per heavy atom. The summed E-state index contributed by atoms with van der Waals surface area (Å²) in [6, 6.07) is 16.3. The number of amides is 1. The number of rotatable bonds is 5. The van der Waals surface area contributed by atoms with Crippen LogP contribution in [0.25, 0.3) is 0 Å². The number of hydrogen-bond donors (Lipinski definition) is 1. The van der Waals surface area contributed by atoms with E-state index in [1.54, 1.807) is 36.4 Å². The molecule has 2 aliphatic heterocycles. The van der Waals surface area contributed by atoms with E-state index < -0.39 is 35.5 Å². The lowest BCUT2D eigenvalue weighted by molar-refractivity contribution is -0.0339. The molecule has 3 aromatic carbocycles. The molecule has 0 bridgehead atoms. The summed E-state index contributed by atoms with van der Waals surface area (Å²) in [7, 11) is 0. The fourth-order valence-electron chi connectivity index (χ4n) is 5.05. The maximum absolute atomic E-state index is 14.2. The van der Waals surface area contributed by atoms with Crippen LogP contribution in [-0.4, -0.2) is 41.8 Å². The van der Waals surface area contributed by atoms with Crippen LogP contribution in [0.3, 0.4) is 0 Å². The predicted molar refractivity (Wildman–Crippen MR) is 134 cm³/mol. The summed E-state index contributed by atoms with van der Waals surface area (Å²) in [5.74, 6) is -1.46. The molecule has 1 amide bonds. The van der Waals surface area contributed by atoms with Gasteiger partial charge in [-0.25, -0.2) is 13.6 Å². The van der Waals surface area contributed by atoms with Crippen LogP contribution in [-0.2, 0) is 10.3 Å². The highest BCUT2D eigenvalue weighted by Crippen LogP contribution is 2.40. The second-order valence-electron chi connectivity index (χ2n) is 9.26. The van der Waals surface area contributed by atoms with Crippen LogP contribution in [0, 0.1) is 11.6 Å². The molecule has 0 aliphatic carbocycles. The van der Waals surface area contributed by atoms with Crippen molar-refractivity contribution in [1.82, 2.24) is 4.90 Å². The van der Waals surface area contributed by atoms with Gasteiger partial charge in [0.15, 0.2) is 0 Å². The van der Waals surface area contributed by atoms with E-state index in [1.807, 2.05) is 12.1 Å². The molecule has 5 nitrogen and oxygen atoms in total. The second kappa shape index (κ2) is 9.98. The number of aliphatic hydroxyl groups is 1. The van der Waals surface area contributed by atoms with E-state index in [0.29, 0.717) is 53.8 Å². The molecule has 0 saturated carbocycles. The molecule has 2 aliphatic rings. The Morgan fingerprint density at radius 1 is 0.917 bits per heavy atom. The van der Waals surface area contributed by atoms with Crippen molar-refractivity contribution in [3.8, 4) is 0 Å². The fourth-order valence-corrected chi connectivity index (χ4v) is 5.31. The van der Waals surface area contributed by atoms with Crippen molar-refractivity contribution in [1.29, 1.82) is 0 Å². The first-order valence-corrected chi connectivity index (χ1v) is 12.4. The molecule has 2 atom stereocenters. The van der Waals surface area contributed by atoms with Gasteiger partial charge in [0.1, 0.15) is 23.8 Å². The standard InChI is InChI=1S/C27H24Cl2F2N2O3/c28-19-3-1-18(2-4-19)27(35)9-11-32(12-10-27)16-24-25(17-13-21(30)15-22(31)14-17)33(26(34)36-24)23-7-5-20(29)6-8-23/h1-8,13-15,24-25,35H,9-12,16H2/t24-,25-/m0/s1. The minimum Gasteiger partial charge on any atom is -0.442 e. The van der Waals surface area contributed by atoms with Crippen molar-refractivity contribution in [2.45, 2.75) is 30.6 Å². The summed E-state index contributed by atoms with van der Waals surface area (Å²) in [4.78, 5) is 16.5. The molecule has 9 heteroatoms. The SMILES string of the molecule is O=C1O[C@@H](CN2CCC(O)(c3ccc(Cl)cc3)CC2)[C@H](c2cc(F)cc(F)c2)N1c1ccc(Cl)cc1. The van der Waals surface area contributed by atoms with Crippen LogP contribution in [0.5, 0.6) is 0 Å². The van der Waals surface area contributed by atoms with Gasteiger partial charge in [0.05, 0.1) is 5.60 Å². The van der Waals surface area contributed by atoms with E-state index in [-0.39, 0.29) is 0 Å². The van der Waals surface area contributed by atoms with E-state index in [2.05, 4.69) is 4.90 Å². The highest BCUT2D eigenvalue weighted by Gasteiger charge is 2.45. The van der Waals surface area contributed by atoms with Crippen molar-refractivity contribution in [2.75, 3.05) is 24.5 Å². The highest BCUT2D eigenvalue weighted by atomic mass is 35.5. The van der Waals surface area contributed by atoms with Crippen LogP contribution in [0.4, 0.5) is 19.3 Å². The summed E-state index contributed by atoms with van der Waals surface area (Å²) in [5.41, 5.74) is 0.639. The molecule has 0 unspecified atom stereocenters. The van der Waals surface area contributed by atoms with Gasteiger partial charge in [-0.15, -0.1) is 0 Å². The Kier molecular flexibility index (Phi) is 6.92. The third-order valence-electron chi connectivity index (χ3n) is 6.91. The summed E-state index contributed by atoms with van der Waals surface area (Å²) in [5, 5.41) is 12.3. The van der Waals surface area contributed by atoms with Gasteiger partial charge in [-0.3, -0.25) is 9.80 Å². The molecule has 36 heavy (non-hydrogen) atoms. The van der Waals surface area contributed by atoms with Crippen molar-refractivity contribution in [2.24, 2.45) is 0 Å². The number of benzene rings is 3. The fraction of sp³-hybridized carbons (Fsp3) is 0.296. The maximum atomic E-state index is 14.2. The topological polar surface area (TPSA) is 53.0 Å². The van der Waals surface area contributed by atoms with E-state index >= 15 is 0 Å². The van der Waals surface area contributed by atoms with E-state index in [1.165, 1.54) is 17.0 Å². The zero-order valence-corrected chi connectivity index (χ0v) is 20.7. The molecule has 2 heterocycles. The van der Waals surface area contributed by atoms with Crippen LogP contribution in [0.1, 0.15) is 30.0 Å². The molecule has 0 aromatic heterocycles. The maximum Gasteiger partial charge on any atom is 0.415 e. The second-order valence-corrected chi connectivity index (χ2v) is 10.1. The average Bonchev–Trinajstić information content (AvgIpc) is 3.16. The summed E-state index contributed by atoms with van der Waals surface area (Å²) < 4.78 is 34.1. The zero-order chi connectivity index (χ0) is 25.4. The largest absolute Gasteiger partial charge is 0.442 e. The van der Waals surface area contributed by atoms with Gasteiger partial charge in [-0.05, 0) is 72.5 Å². The van der Waals surface area contributed by atoms with Crippen LogP contribution in [0.2, 0.25) is 10.0 Å². The lowest BCUT2D eigenvalue weighted by atomic mass is 9.84. The van der Waals surface area contributed by atoms with Crippen LogP contribution in [0.15, 0.2) is 66.7 Å². The van der Waals surface area contributed by atoms with E-state index in [9.17, 15) is 18.7 Å². The number of nitrogens with zero attached hydrogens (tertiary/aromatic N) is 2. The quantitative estimate of drug-likeness (QED) is 0.417. The lowest BCUT2D eigenvalue weighted by Crippen LogP contribution is -2.46. The highest BCUT2D eigenvalue weighted by molar-refractivity contribution is 6.30. The van der Waals surface area contributed by atoms with Crippen molar-refractivity contribution < 1.29 is 23.4 Å². The van der Waals surface area contributed by atoms with Gasteiger partial charge >= 0.3 is 6.09 Å². The van der Waals surface area contributed by atoms with Crippen molar-refractivity contribution in [3.05, 3.63) is 99.5 Å². The van der Waals surface area contributed by atoms with Crippen molar-refractivity contribution in [3.63, 3.8) is 0 Å². The third-order valence-corrected chi connectivity index (χ3v) is 7.42. The zero-order valence-electron chi connectivity index (χ0n) is 19.2. The normalized spacial score (nSPS) is 22.0. The van der Waals surface area contributed by atoms with Gasteiger partial charge in [0.2, 0.25) is 0 Å². The predicted octanol–water partition coefficient (Wildman–Crippen LogP) is 6.32. The Balaban J connectivity index is 1.38. The Hall–Kier alpha value is -2.71. The monoisotopic (exact) mass is 532 g/mol. The minimum atomic E-state index is -0.978. The smallest absolute Gasteiger partial charge is 0.415 e. The number of carbonyl (C=O) groups excluding carboxylic acids is 1. The summed E-state index contributed by atoms with van der Waals surface area (Å²) in [6.45, 7) is 1.45. The molecule has 2 saturated heterocycles. The molecule has 2 fully saturated rings. The molecular weight excluding hydrogens is 509 g/mol. The number of likely N-dealkylation sites (tertiary alicyclic amines) is 1. The first-order chi connectivity index (χ1) is 17.2. The first-order valence-electron chi connectivity index (χ1n) is 11.6. The van der Waals surface area contributed by atoms with Crippen molar-refractivity contribution >= 4 is 35.0 Å². The number of anilines is 1. The third kappa shape index (κ3) is 5.06. The Morgan fingerprint density at radius 3 is 2.06 bits per heavy atom. The number of halogens is 4. The van der Waals surface area contributed by atoms with E-state index in [4.69, 9.17) is 27.9 Å².